The van der Waals surface area contributed by atoms with E-state index in [1.165, 1.54) is 16.8 Å². The van der Waals surface area contributed by atoms with Crippen LogP contribution in [0.1, 0.15) is 17.0 Å². The summed E-state index contributed by atoms with van der Waals surface area (Å²) in [6.45, 7) is 3.28. The minimum Gasteiger partial charge on any atom is -0.372 e. The first-order chi connectivity index (χ1) is 7.27. The molecule has 2 aliphatic rings. The van der Waals surface area contributed by atoms with Gasteiger partial charge in [-0.15, -0.1) is 0 Å². The topological polar surface area (TPSA) is 15.3 Å². The third kappa shape index (κ3) is 1.35. The fourth-order valence-electron chi connectivity index (χ4n) is 2.86. The lowest BCUT2D eigenvalue weighted by molar-refractivity contribution is 0.625. The summed E-state index contributed by atoms with van der Waals surface area (Å²) in [6, 6.07) is 4.24. The minimum atomic E-state index is 0.626. The quantitative estimate of drug-likeness (QED) is 0.723. The second-order valence-electron chi connectivity index (χ2n) is 4.50. The number of halogens is 1. The first kappa shape index (κ1) is 9.49. The molecule has 2 nitrogen and oxygen atoms in total. The number of nitrogens with one attached hydrogen (secondary N) is 1. The molecule has 3 heteroatoms. The molecule has 0 fully saturated rings. The fourth-order valence-corrected chi connectivity index (χ4v) is 3.17. The Labute approximate surface area is 95.2 Å². The van der Waals surface area contributed by atoms with Crippen molar-refractivity contribution in [1.82, 2.24) is 5.32 Å². The van der Waals surface area contributed by atoms with Gasteiger partial charge in [-0.1, -0.05) is 17.7 Å². The number of likely N-dealkylation sites (N-methyl/N-ethyl adjacent to an activating group) is 1. The number of hydrogen-bond donors (Lipinski definition) is 1. The molecule has 80 valence electrons. The van der Waals surface area contributed by atoms with Gasteiger partial charge in [0.2, 0.25) is 0 Å². The molecule has 0 saturated carbocycles. The van der Waals surface area contributed by atoms with E-state index in [0.717, 1.165) is 31.1 Å². The predicted molar refractivity (Wildman–Crippen MR) is 64.0 cm³/mol. The largest absolute Gasteiger partial charge is 0.372 e. The highest BCUT2D eigenvalue weighted by atomic mass is 35.5. The summed E-state index contributed by atoms with van der Waals surface area (Å²) >= 11 is 6.27. The van der Waals surface area contributed by atoms with E-state index < -0.39 is 0 Å². The lowest BCUT2D eigenvalue weighted by atomic mass is 9.95. The highest BCUT2D eigenvalue weighted by Crippen LogP contribution is 2.43. The average molecular weight is 223 g/mol. The van der Waals surface area contributed by atoms with Gasteiger partial charge < -0.3 is 10.2 Å². The Hall–Kier alpha value is -0.730. The summed E-state index contributed by atoms with van der Waals surface area (Å²) in [5.41, 5.74) is 4.24. The van der Waals surface area contributed by atoms with Gasteiger partial charge in [-0.2, -0.15) is 0 Å². The third-order valence-corrected chi connectivity index (χ3v) is 3.81. The zero-order valence-electron chi connectivity index (χ0n) is 8.89. The maximum Gasteiger partial charge on any atom is 0.0642 e. The van der Waals surface area contributed by atoms with Crippen LogP contribution in [0.3, 0.4) is 0 Å². The lowest BCUT2D eigenvalue weighted by Crippen LogP contribution is -2.24. The van der Waals surface area contributed by atoms with E-state index in [1.54, 1.807) is 0 Å². The standard InChI is InChI=1S/C12H15ClN2/c1-15-7-9-6-14-5-4-8-2-3-10(13)12(15)11(8)9/h2-3,9,14H,4-7H2,1H3/t9-/m0/s1. The van der Waals surface area contributed by atoms with Crippen LogP contribution in [0.4, 0.5) is 5.69 Å². The summed E-state index contributed by atoms with van der Waals surface area (Å²) in [4.78, 5) is 2.29. The van der Waals surface area contributed by atoms with Crippen molar-refractivity contribution in [2.45, 2.75) is 12.3 Å². The Kier molecular flexibility index (Phi) is 2.15. The van der Waals surface area contributed by atoms with Crippen LogP contribution in [-0.4, -0.2) is 26.7 Å². The SMILES string of the molecule is CN1C[C@@H]2CNCCc3ccc(Cl)c1c32. The third-order valence-electron chi connectivity index (χ3n) is 3.50. The molecule has 2 heterocycles. The molecular formula is C12H15ClN2. The van der Waals surface area contributed by atoms with Crippen molar-refractivity contribution in [3.8, 4) is 0 Å². The molecule has 0 spiro atoms. The monoisotopic (exact) mass is 222 g/mol. The molecule has 15 heavy (non-hydrogen) atoms. The highest BCUT2D eigenvalue weighted by molar-refractivity contribution is 6.33. The maximum atomic E-state index is 6.27. The molecule has 0 aromatic heterocycles. The van der Waals surface area contributed by atoms with Gasteiger partial charge in [-0.25, -0.2) is 0 Å². The van der Waals surface area contributed by atoms with Crippen LogP contribution in [0.5, 0.6) is 0 Å². The van der Waals surface area contributed by atoms with E-state index in [4.69, 9.17) is 11.6 Å². The van der Waals surface area contributed by atoms with Crippen LogP contribution in [0.2, 0.25) is 5.02 Å². The zero-order chi connectivity index (χ0) is 10.4. The minimum absolute atomic E-state index is 0.626. The summed E-state index contributed by atoms with van der Waals surface area (Å²) in [7, 11) is 2.14. The van der Waals surface area contributed by atoms with Gasteiger partial charge in [-0.3, -0.25) is 0 Å². The number of hydrogen-bond acceptors (Lipinski definition) is 2. The number of rotatable bonds is 0. The van der Waals surface area contributed by atoms with Crippen molar-refractivity contribution in [3.05, 3.63) is 28.3 Å². The van der Waals surface area contributed by atoms with Gasteiger partial charge in [0.1, 0.15) is 0 Å². The Morgan fingerprint density at radius 1 is 1.47 bits per heavy atom. The fraction of sp³-hybridized carbons (Fsp3) is 0.500. The Balaban J connectivity index is 2.22. The van der Waals surface area contributed by atoms with Gasteiger partial charge in [0.15, 0.2) is 0 Å². The predicted octanol–water partition coefficient (Wildman–Crippen LogP) is 2.02. The summed E-state index contributed by atoms with van der Waals surface area (Å²) < 4.78 is 0. The first-order valence-corrected chi connectivity index (χ1v) is 5.88. The van der Waals surface area contributed by atoms with Crippen LogP contribution < -0.4 is 10.2 Å². The summed E-state index contributed by atoms with van der Waals surface area (Å²) in [5.74, 6) is 0.626. The van der Waals surface area contributed by atoms with Crippen molar-refractivity contribution < 1.29 is 0 Å². The van der Waals surface area contributed by atoms with Gasteiger partial charge >= 0.3 is 0 Å². The molecule has 0 bridgehead atoms. The Morgan fingerprint density at radius 3 is 3.20 bits per heavy atom. The summed E-state index contributed by atoms with van der Waals surface area (Å²) in [6.07, 6.45) is 1.13. The number of anilines is 1. The molecule has 0 saturated heterocycles. The molecule has 0 unspecified atom stereocenters. The van der Waals surface area contributed by atoms with E-state index in [-0.39, 0.29) is 0 Å². The van der Waals surface area contributed by atoms with Crippen molar-refractivity contribution in [1.29, 1.82) is 0 Å². The van der Waals surface area contributed by atoms with Gasteiger partial charge in [0, 0.05) is 26.1 Å². The molecule has 1 aromatic carbocycles. The van der Waals surface area contributed by atoms with E-state index in [2.05, 4.69) is 23.3 Å². The first-order valence-electron chi connectivity index (χ1n) is 5.50. The second kappa shape index (κ2) is 3.39. The van der Waals surface area contributed by atoms with Gasteiger partial charge in [0.25, 0.3) is 0 Å². The van der Waals surface area contributed by atoms with Crippen LogP contribution in [0.25, 0.3) is 0 Å². The number of benzene rings is 1. The van der Waals surface area contributed by atoms with Crippen LogP contribution in [-0.2, 0) is 6.42 Å². The Morgan fingerprint density at radius 2 is 2.33 bits per heavy atom. The molecule has 2 aliphatic heterocycles. The van der Waals surface area contributed by atoms with Crippen molar-refractivity contribution in [2.75, 3.05) is 31.6 Å². The molecule has 0 radical (unpaired) electrons. The molecule has 1 atom stereocenters. The molecule has 1 N–H and O–H groups in total. The molecule has 1 aromatic rings. The van der Waals surface area contributed by atoms with Crippen LogP contribution >= 0.6 is 11.6 Å². The van der Waals surface area contributed by atoms with Gasteiger partial charge in [-0.05, 0) is 30.2 Å². The molecule has 0 aliphatic carbocycles. The van der Waals surface area contributed by atoms with E-state index in [0.29, 0.717) is 5.92 Å². The second-order valence-corrected chi connectivity index (χ2v) is 4.91. The molecular weight excluding hydrogens is 208 g/mol. The van der Waals surface area contributed by atoms with E-state index in [1.807, 2.05) is 6.07 Å². The maximum absolute atomic E-state index is 6.27. The van der Waals surface area contributed by atoms with Crippen LogP contribution in [0.15, 0.2) is 12.1 Å². The van der Waals surface area contributed by atoms with Crippen molar-refractivity contribution in [2.24, 2.45) is 0 Å². The normalized spacial score (nSPS) is 23.9. The van der Waals surface area contributed by atoms with Gasteiger partial charge in [0.05, 0.1) is 10.7 Å². The zero-order valence-corrected chi connectivity index (χ0v) is 9.64. The van der Waals surface area contributed by atoms with E-state index in [9.17, 15) is 0 Å². The smallest absolute Gasteiger partial charge is 0.0642 e. The average Bonchev–Trinajstić information content (AvgIpc) is 2.43. The molecule has 0 amide bonds. The summed E-state index contributed by atoms with van der Waals surface area (Å²) in [5, 5.41) is 4.40. The Bertz CT molecular complexity index is 403. The van der Waals surface area contributed by atoms with Crippen LogP contribution in [0, 0.1) is 0 Å². The van der Waals surface area contributed by atoms with Crippen molar-refractivity contribution in [3.63, 3.8) is 0 Å². The number of nitrogens with zero attached hydrogens (tertiary/aromatic N) is 1. The lowest BCUT2D eigenvalue weighted by Gasteiger charge is -2.15. The van der Waals surface area contributed by atoms with E-state index >= 15 is 0 Å². The molecule has 3 rings (SSSR count). The van der Waals surface area contributed by atoms with Crippen molar-refractivity contribution >= 4 is 17.3 Å². The highest BCUT2D eigenvalue weighted by Gasteiger charge is 2.31.